The lowest BCUT2D eigenvalue weighted by Crippen LogP contribution is -2.41. The van der Waals surface area contributed by atoms with Gasteiger partial charge in [0.15, 0.2) is 0 Å². The standard InChI is InChI=1S/C17H28N4O/c22-17(6-4-10-19-8-1-2-9-19)21-11-3-5-16(14-21)13-20-12-7-18-15-20/h7,12,15-16H,1-6,8-11,13-14H2/t16-/m0/s1. The summed E-state index contributed by atoms with van der Waals surface area (Å²) in [5.74, 6) is 0.931. The van der Waals surface area contributed by atoms with Gasteiger partial charge in [0.1, 0.15) is 0 Å². The summed E-state index contributed by atoms with van der Waals surface area (Å²) in [5, 5.41) is 0. The van der Waals surface area contributed by atoms with Crippen molar-refractivity contribution in [2.24, 2.45) is 5.92 Å². The lowest BCUT2D eigenvalue weighted by atomic mass is 9.97. The van der Waals surface area contributed by atoms with E-state index in [1.807, 2.05) is 18.7 Å². The average Bonchev–Trinajstić information content (AvgIpc) is 3.21. The van der Waals surface area contributed by atoms with E-state index in [-0.39, 0.29) is 0 Å². The highest BCUT2D eigenvalue weighted by molar-refractivity contribution is 5.76. The number of rotatable bonds is 6. The van der Waals surface area contributed by atoms with Gasteiger partial charge in [-0.25, -0.2) is 4.98 Å². The first kappa shape index (κ1) is 15.5. The monoisotopic (exact) mass is 304 g/mol. The minimum absolute atomic E-state index is 0.356. The van der Waals surface area contributed by atoms with Crippen LogP contribution in [0.2, 0.25) is 0 Å². The third-order valence-corrected chi connectivity index (χ3v) is 4.96. The smallest absolute Gasteiger partial charge is 0.222 e. The number of carbonyl (C=O) groups excluding carboxylic acids is 1. The lowest BCUT2D eigenvalue weighted by Gasteiger charge is -2.33. The maximum atomic E-state index is 12.4. The van der Waals surface area contributed by atoms with Crippen LogP contribution in [-0.2, 0) is 11.3 Å². The van der Waals surface area contributed by atoms with Crippen LogP contribution in [0.25, 0.3) is 0 Å². The van der Waals surface area contributed by atoms with E-state index in [0.29, 0.717) is 18.2 Å². The Bertz CT molecular complexity index is 453. The molecule has 1 amide bonds. The Labute approximate surface area is 133 Å². The zero-order valence-corrected chi connectivity index (χ0v) is 13.5. The van der Waals surface area contributed by atoms with E-state index >= 15 is 0 Å². The maximum Gasteiger partial charge on any atom is 0.222 e. The average molecular weight is 304 g/mol. The number of piperidine rings is 1. The van der Waals surface area contributed by atoms with Gasteiger partial charge in [-0.05, 0) is 57.7 Å². The van der Waals surface area contributed by atoms with E-state index in [1.54, 1.807) is 0 Å². The van der Waals surface area contributed by atoms with Crippen LogP contribution >= 0.6 is 0 Å². The lowest BCUT2D eigenvalue weighted by molar-refractivity contribution is -0.133. The Morgan fingerprint density at radius 3 is 2.82 bits per heavy atom. The minimum Gasteiger partial charge on any atom is -0.342 e. The molecule has 5 heteroatoms. The van der Waals surface area contributed by atoms with E-state index in [1.165, 1.54) is 32.4 Å². The number of hydrogen-bond donors (Lipinski definition) is 0. The fourth-order valence-electron chi connectivity index (χ4n) is 3.75. The Morgan fingerprint density at radius 2 is 2.05 bits per heavy atom. The largest absolute Gasteiger partial charge is 0.342 e. The van der Waals surface area contributed by atoms with Crippen molar-refractivity contribution in [3.05, 3.63) is 18.7 Å². The molecule has 3 rings (SSSR count). The van der Waals surface area contributed by atoms with Crippen molar-refractivity contribution in [2.45, 2.75) is 45.1 Å². The molecule has 0 saturated carbocycles. The molecule has 22 heavy (non-hydrogen) atoms. The van der Waals surface area contributed by atoms with Gasteiger partial charge in [0.25, 0.3) is 0 Å². The molecule has 2 aliphatic rings. The van der Waals surface area contributed by atoms with Crippen LogP contribution in [0.15, 0.2) is 18.7 Å². The van der Waals surface area contributed by atoms with Crippen molar-refractivity contribution < 1.29 is 4.79 Å². The van der Waals surface area contributed by atoms with Gasteiger partial charge in [0, 0.05) is 38.4 Å². The van der Waals surface area contributed by atoms with Crippen molar-refractivity contribution >= 4 is 5.91 Å². The molecule has 0 unspecified atom stereocenters. The Kier molecular flexibility index (Phi) is 5.48. The van der Waals surface area contributed by atoms with Gasteiger partial charge in [-0.1, -0.05) is 0 Å². The second kappa shape index (κ2) is 7.77. The fraction of sp³-hybridized carbons (Fsp3) is 0.765. The van der Waals surface area contributed by atoms with Crippen LogP contribution in [0, 0.1) is 5.92 Å². The summed E-state index contributed by atoms with van der Waals surface area (Å²) in [5.41, 5.74) is 0. The highest BCUT2D eigenvalue weighted by atomic mass is 16.2. The molecule has 0 aliphatic carbocycles. The molecule has 2 fully saturated rings. The summed E-state index contributed by atoms with van der Waals surface area (Å²) < 4.78 is 2.13. The SMILES string of the molecule is O=C(CCCN1CCCC1)N1CCC[C@@H](Cn2ccnc2)C1. The number of imidazole rings is 1. The normalized spacial score (nSPS) is 23.1. The molecule has 0 radical (unpaired) electrons. The van der Waals surface area contributed by atoms with E-state index < -0.39 is 0 Å². The van der Waals surface area contributed by atoms with Gasteiger partial charge in [-0.2, -0.15) is 0 Å². The number of carbonyl (C=O) groups is 1. The van der Waals surface area contributed by atoms with Crippen molar-refractivity contribution in [3.63, 3.8) is 0 Å². The van der Waals surface area contributed by atoms with Gasteiger partial charge in [0.05, 0.1) is 6.33 Å². The van der Waals surface area contributed by atoms with Crippen LogP contribution in [0.1, 0.15) is 38.5 Å². The maximum absolute atomic E-state index is 12.4. The molecule has 0 spiro atoms. The zero-order chi connectivity index (χ0) is 15.2. The van der Waals surface area contributed by atoms with Crippen LogP contribution < -0.4 is 0 Å². The molecule has 0 bridgehead atoms. The molecular weight excluding hydrogens is 276 g/mol. The first-order valence-corrected chi connectivity index (χ1v) is 8.77. The van der Waals surface area contributed by atoms with E-state index in [0.717, 1.165) is 39.0 Å². The highest BCUT2D eigenvalue weighted by Gasteiger charge is 2.23. The number of amides is 1. The summed E-state index contributed by atoms with van der Waals surface area (Å²) in [7, 11) is 0. The molecule has 1 aromatic rings. The zero-order valence-electron chi connectivity index (χ0n) is 13.5. The summed E-state index contributed by atoms with van der Waals surface area (Å²) in [6, 6.07) is 0. The van der Waals surface area contributed by atoms with Crippen LogP contribution in [0.3, 0.4) is 0 Å². The van der Waals surface area contributed by atoms with Crippen LogP contribution in [0.4, 0.5) is 0 Å². The van der Waals surface area contributed by atoms with Gasteiger partial charge >= 0.3 is 0 Å². The molecule has 5 nitrogen and oxygen atoms in total. The number of aromatic nitrogens is 2. The number of likely N-dealkylation sites (tertiary alicyclic amines) is 2. The van der Waals surface area contributed by atoms with Gasteiger partial charge < -0.3 is 14.4 Å². The third-order valence-electron chi connectivity index (χ3n) is 4.96. The highest BCUT2D eigenvalue weighted by Crippen LogP contribution is 2.19. The van der Waals surface area contributed by atoms with Crippen molar-refractivity contribution in [3.8, 4) is 0 Å². The summed E-state index contributed by atoms with van der Waals surface area (Å²) in [6.07, 6.45) is 12.5. The number of nitrogens with zero attached hydrogens (tertiary/aromatic N) is 4. The van der Waals surface area contributed by atoms with Crippen LogP contribution in [0.5, 0.6) is 0 Å². The minimum atomic E-state index is 0.356. The van der Waals surface area contributed by atoms with Gasteiger partial charge in [-0.3, -0.25) is 4.79 Å². The first-order valence-electron chi connectivity index (χ1n) is 8.77. The predicted molar refractivity (Wildman–Crippen MR) is 86.4 cm³/mol. The van der Waals surface area contributed by atoms with Gasteiger partial charge in [-0.15, -0.1) is 0 Å². The Morgan fingerprint density at radius 1 is 1.18 bits per heavy atom. The van der Waals surface area contributed by atoms with E-state index in [9.17, 15) is 4.79 Å². The third kappa shape index (κ3) is 4.32. The second-order valence-corrected chi connectivity index (χ2v) is 6.76. The number of hydrogen-bond acceptors (Lipinski definition) is 3. The molecule has 0 aromatic carbocycles. The molecule has 2 aliphatic heterocycles. The molecular formula is C17H28N4O. The quantitative estimate of drug-likeness (QED) is 0.807. The summed E-state index contributed by atoms with van der Waals surface area (Å²) in [4.78, 5) is 21.1. The van der Waals surface area contributed by atoms with Crippen molar-refractivity contribution in [2.75, 3.05) is 32.7 Å². The summed E-state index contributed by atoms with van der Waals surface area (Å²) in [6.45, 7) is 6.40. The van der Waals surface area contributed by atoms with Crippen molar-refractivity contribution in [1.29, 1.82) is 0 Å². The molecule has 1 aromatic heterocycles. The Hall–Kier alpha value is -1.36. The van der Waals surface area contributed by atoms with Crippen LogP contribution in [-0.4, -0.2) is 58.0 Å². The topological polar surface area (TPSA) is 41.4 Å². The Balaban J connectivity index is 1.39. The van der Waals surface area contributed by atoms with Crippen molar-refractivity contribution in [1.82, 2.24) is 19.4 Å². The molecule has 0 N–H and O–H groups in total. The predicted octanol–water partition coefficient (Wildman–Crippen LogP) is 2.00. The van der Waals surface area contributed by atoms with E-state index in [2.05, 4.69) is 19.4 Å². The fourth-order valence-corrected chi connectivity index (χ4v) is 3.75. The molecule has 2 saturated heterocycles. The molecule has 122 valence electrons. The summed E-state index contributed by atoms with van der Waals surface area (Å²) >= 11 is 0. The molecule has 1 atom stereocenters. The molecule has 3 heterocycles. The second-order valence-electron chi connectivity index (χ2n) is 6.76. The van der Waals surface area contributed by atoms with E-state index in [4.69, 9.17) is 0 Å². The van der Waals surface area contributed by atoms with Gasteiger partial charge in [0.2, 0.25) is 5.91 Å². The first-order chi connectivity index (χ1) is 10.8.